The van der Waals surface area contributed by atoms with Crippen LogP contribution in [0.5, 0.6) is 0 Å². The quantitative estimate of drug-likeness (QED) is 0.596. The third-order valence-electron chi connectivity index (χ3n) is 6.58. The highest BCUT2D eigenvalue weighted by Gasteiger charge is 2.51. The molecule has 13 heteroatoms. The van der Waals surface area contributed by atoms with Crippen molar-refractivity contribution in [1.29, 1.82) is 5.26 Å². The summed E-state index contributed by atoms with van der Waals surface area (Å²) in [5, 5.41) is 23.9. The number of likely N-dealkylation sites (tertiary alicyclic amines) is 1. The number of nitriles is 1. The number of hydrogen-bond donors (Lipinski definition) is 2. The zero-order valence-electron chi connectivity index (χ0n) is 18.2. The van der Waals surface area contributed by atoms with Crippen LogP contribution in [0.2, 0.25) is 0 Å². The maximum Gasteiger partial charge on any atom is 0.261 e. The van der Waals surface area contributed by atoms with Crippen LogP contribution in [0.4, 0.5) is 4.39 Å². The van der Waals surface area contributed by atoms with Crippen molar-refractivity contribution >= 4 is 16.0 Å². The fourth-order valence-corrected chi connectivity index (χ4v) is 4.28. The van der Waals surface area contributed by atoms with E-state index in [9.17, 15) is 17.6 Å². The molecule has 0 bridgehead atoms. The predicted octanol–water partition coefficient (Wildman–Crippen LogP) is 0.424. The van der Waals surface area contributed by atoms with Crippen molar-refractivity contribution in [3.05, 3.63) is 6.33 Å². The summed E-state index contributed by atoms with van der Waals surface area (Å²) in [6.07, 6.45) is 3.26. The average Bonchev–Trinajstić information content (AvgIpc) is 3.34. The lowest BCUT2D eigenvalue weighted by Gasteiger charge is -2.42. The average molecular weight is 460 g/mol. The molecule has 1 saturated carbocycles. The number of tetrazole rings is 1. The number of hydrogen-bond acceptors (Lipinski definition) is 8. The Kier molecular flexibility index (Phi) is 7.72. The number of aromatic nitrogens is 4. The van der Waals surface area contributed by atoms with Gasteiger partial charge in [0.15, 0.2) is 0 Å². The third kappa shape index (κ3) is 6.41. The van der Waals surface area contributed by atoms with Crippen LogP contribution < -0.4 is 5.32 Å². The Balaban J connectivity index is 0.000000614. The second-order valence-corrected chi connectivity index (χ2v) is 10.4. The Labute approximate surface area is 181 Å². The minimum atomic E-state index is -3.67. The molecule has 174 valence electrons. The van der Waals surface area contributed by atoms with E-state index in [0.29, 0.717) is 12.2 Å². The second-order valence-electron chi connectivity index (χ2n) is 8.93. The van der Waals surface area contributed by atoms with E-state index in [1.54, 1.807) is 11.0 Å². The summed E-state index contributed by atoms with van der Waals surface area (Å²) in [5.74, 6) is 0.158. The fraction of sp³-hybridized carbons (Fsp3) is 0.833. The van der Waals surface area contributed by atoms with Crippen LogP contribution in [0.25, 0.3) is 0 Å². The van der Waals surface area contributed by atoms with Gasteiger partial charge in [-0.2, -0.15) is 13.7 Å². The molecule has 0 aromatic carbocycles. The van der Waals surface area contributed by atoms with E-state index in [1.165, 1.54) is 4.90 Å². The van der Waals surface area contributed by atoms with Crippen molar-refractivity contribution in [2.45, 2.75) is 64.3 Å². The monoisotopic (exact) mass is 459 g/mol. The Bertz CT molecular complexity index is 895. The maximum atomic E-state index is 13.6. The van der Waals surface area contributed by atoms with Gasteiger partial charge in [0, 0.05) is 18.5 Å². The molecule has 31 heavy (non-hydrogen) atoms. The molecule has 1 amide bonds. The van der Waals surface area contributed by atoms with Crippen LogP contribution in [0.15, 0.2) is 6.33 Å². The van der Waals surface area contributed by atoms with Crippen LogP contribution >= 0.6 is 0 Å². The Morgan fingerprint density at radius 3 is 2.61 bits per heavy atom. The highest BCUT2D eigenvalue weighted by molar-refractivity contribution is 7.85. The zero-order chi connectivity index (χ0) is 23.4. The van der Waals surface area contributed by atoms with Crippen LogP contribution in [0.1, 0.15) is 40.0 Å². The van der Waals surface area contributed by atoms with Gasteiger partial charge < -0.3 is 10.2 Å². The van der Waals surface area contributed by atoms with Gasteiger partial charge >= 0.3 is 0 Å². The predicted molar refractivity (Wildman–Crippen MR) is 109 cm³/mol. The number of rotatable bonds is 5. The topological polar surface area (TPSA) is 154 Å². The highest BCUT2D eigenvalue weighted by Crippen LogP contribution is 2.50. The highest BCUT2D eigenvalue weighted by atomic mass is 32.2. The van der Waals surface area contributed by atoms with Gasteiger partial charge in [0.05, 0.1) is 25.4 Å². The van der Waals surface area contributed by atoms with E-state index >= 15 is 0 Å². The van der Waals surface area contributed by atoms with Crippen molar-refractivity contribution in [3.63, 3.8) is 0 Å². The summed E-state index contributed by atoms with van der Waals surface area (Å²) >= 11 is 0. The molecule has 1 aliphatic carbocycles. The smallest absolute Gasteiger partial charge is 0.261 e. The Morgan fingerprint density at radius 2 is 2.06 bits per heavy atom. The molecule has 1 aliphatic heterocycles. The van der Waals surface area contributed by atoms with Gasteiger partial charge in [-0.25, -0.2) is 9.07 Å². The van der Waals surface area contributed by atoms with Gasteiger partial charge in [0.1, 0.15) is 18.5 Å². The van der Waals surface area contributed by atoms with Gasteiger partial charge in [0.25, 0.3) is 10.1 Å². The van der Waals surface area contributed by atoms with Crippen LogP contribution in [-0.4, -0.2) is 81.1 Å². The molecule has 1 saturated heterocycles. The maximum absolute atomic E-state index is 13.6. The van der Waals surface area contributed by atoms with E-state index < -0.39 is 22.3 Å². The minimum absolute atomic E-state index is 0.0147. The molecular weight excluding hydrogens is 429 g/mol. The van der Waals surface area contributed by atoms with Crippen LogP contribution in [0, 0.1) is 22.7 Å². The summed E-state index contributed by atoms with van der Waals surface area (Å²) in [5.41, 5.74) is -0.320. The van der Waals surface area contributed by atoms with Crippen molar-refractivity contribution in [2.24, 2.45) is 11.3 Å². The van der Waals surface area contributed by atoms with Crippen molar-refractivity contribution in [2.75, 3.05) is 19.3 Å². The number of carbonyl (C=O) groups is 1. The largest absolute Gasteiger partial charge is 0.323 e. The summed E-state index contributed by atoms with van der Waals surface area (Å²) < 4.78 is 41.2. The number of nitrogens with zero attached hydrogens (tertiary/aromatic N) is 6. The van der Waals surface area contributed by atoms with Gasteiger partial charge in [-0.1, -0.05) is 13.8 Å². The fourth-order valence-electron chi connectivity index (χ4n) is 4.28. The van der Waals surface area contributed by atoms with Gasteiger partial charge in [-0.3, -0.25) is 9.35 Å². The second kappa shape index (κ2) is 9.54. The molecule has 0 radical (unpaired) electrons. The molecule has 1 aromatic heterocycles. The van der Waals surface area contributed by atoms with Crippen molar-refractivity contribution < 1.29 is 22.2 Å². The van der Waals surface area contributed by atoms with E-state index in [2.05, 4.69) is 41.6 Å². The summed E-state index contributed by atoms with van der Waals surface area (Å²) in [6, 6.07) is 1.37. The lowest BCUT2D eigenvalue weighted by atomic mass is 9.71. The molecule has 0 unspecified atom stereocenters. The van der Waals surface area contributed by atoms with Gasteiger partial charge in [-0.15, -0.1) is 5.10 Å². The van der Waals surface area contributed by atoms with Crippen LogP contribution in [0.3, 0.4) is 0 Å². The van der Waals surface area contributed by atoms with Gasteiger partial charge in [-0.05, 0) is 41.5 Å². The molecular formula is C18H30FN7O4S. The molecule has 0 spiro atoms. The number of halogens is 1. The Morgan fingerprint density at radius 1 is 1.42 bits per heavy atom. The number of carbonyl (C=O) groups excluding carboxylic acids is 1. The van der Waals surface area contributed by atoms with Crippen molar-refractivity contribution in [3.8, 4) is 6.07 Å². The number of nitrogens with one attached hydrogen (secondary N) is 1. The first-order valence-corrected chi connectivity index (χ1v) is 11.8. The first-order valence-electron chi connectivity index (χ1n) is 9.98. The first-order chi connectivity index (χ1) is 14.3. The van der Waals surface area contributed by atoms with Gasteiger partial charge in [0.2, 0.25) is 5.91 Å². The molecule has 2 N–H and O–H groups in total. The molecule has 1 aromatic rings. The van der Waals surface area contributed by atoms with Crippen LogP contribution in [-0.2, 0) is 21.5 Å². The first kappa shape index (κ1) is 25.1. The van der Waals surface area contributed by atoms with E-state index in [0.717, 1.165) is 19.4 Å². The molecule has 4 atom stereocenters. The van der Waals surface area contributed by atoms with E-state index in [4.69, 9.17) is 9.81 Å². The lowest BCUT2D eigenvalue weighted by molar-refractivity contribution is -0.131. The number of amides is 1. The Hall–Kier alpha value is -2.17. The molecule has 3 rings (SSSR count). The SMILES string of the molecule is CC1(C)[C@@H](Cn2cnnn2)CC[C@@]1(C)NCC(=O)N1C[C@@H](F)C[C@H]1C#N.CS(=O)(=O)O. The summed E-state index contributed by atoms with van der Waals surface area (Å²) in [6.45, 7) is 7.38. The minimum Gasteiger partial charge on any atom is -0.323 e. The lowest BCUT2D eigenvalue weighted by Crippen LogP contribution is -2.55. The standard InChI is InChI=1S/C17H26FN7O.CH4O3S/c1-16(2)12(9-24-11-21-22-23-24)4-5-17(16,3)20-8-15(26)25-10-13(18)6-14(25)7-19;1-5(2,3)4/h11-14,20H,4-6,8-10H2,1-3H3;1H3,(H,2,3,4)/t12-,13+,14+,17-;/m1./s1. The summed E-state index contributed by atoms with van der Waals surface area (Å²) in [7, 11) is -3.67. The van der Waals surface area contributed by atoms with E-state index in [1.807, 2.05) is 6.07 Å². The molecule has 11 nitrogen and oxygen atoms in total. The van der Waals surface area contributed by atoms with E-state index in [-0.39, 0.29) is 36.4 Å². The summed E-state index contributed by atoms with van der Waals surface area (Å²) in [4.78, 5) is 13.9. The number of alkyl halides is 1. The molecule has 2 aliphatic rings. The zero-order valence-corrected chi connectivity index (χ0v) is 19.0. The van der Waals surface area contributed by atoms with Crippen molar-refractivity contribution in [1.82, 2.24) is 30.4 Å². The molecule has 2 heterocycles. The molecule has 2 fully saturated rings. The third-order valence-corrected chi connectivity index (χ3v) is 6.58. The normalized spacial score (nSPS) is 29.8.